The maximum Gasteiger partial charge on any atom is 0.236 e. The van der Waals surface area contributed by atoms with Crippen molar-refractivity contribution >= 4 is 11.8 Å². The monoisotopic (exact) mass is 187 g/mol. The van der Waals surface area contributed by atoms with Crippen molar-refractivity contribution in [3.05, 3.63) is 0 Å². The summed E-state index contributed by atoms with van der Waals surface area (Å²) in [5.74, 6) is -0.320. The van der Waals surface area contributed by atoms with Crippen LogP contribution >= 0.6 is 0 Å². The van der Waals surface area contributed by atoms with E-state index in [0.29, 0.717) is 6.54 Å². The standard InChI is InChI=1S/C8H17N3O2/c1-5(4-10-7(3)12)11-8(13)6(2)9/h5-6H,4,9H2,1-3H3,(H,10,12)(H,11,13). The zero-order chi connectivity index (χ0) is 10.4. The molecule has 0 rings (SSSR count). The molecule has 0 aliphatic heterocycles. The molecular weight excluding hydrogens is 170 g/mol. The predicted molar refractivity (Wildman–Crippen MR) is 49.9 cm³/mol. The number of amides is 2. The Hall–Kier alpha value is -1.10. The largest absolute Gasteiger partial charge is 0.354 e. The third-order valence-corrected chi connectivity index (χ3v) is 1.46. The Bertz CT molecular complexity index is 192. The average molecular weight is 187 g/mol. The summed E-state index contributed by atoms with van der Waals surface area (Å²) >= 11 is 0. The molecule has 0 saturated heterocycles. The number of carbonyl (C=O) groups is 2. The highest BCUT2D eigenvalue weighted by Crippen LogP contribution is 1.82. The molecule has 0 fully saturated rings. The molecule has 5 heteroatoms. The summed E-state index contributed by atoms with van der Waals surface area (Å²) in [5, 5.41) is 5.25. The van der Waals surface area contributed by atoms with Gasteiger partial charge in [-0.3, -0.25) is 9.59 Å². The summed E-state index contributed by atoms with van der Waals surface area (Å²) in [7, 11) is 0. The minimum Gasteiger partial charge on any atom is -0.354 e. The molecule has 4 N–H and O–H groups in total. The van der Waals surface area contributed by atoms with Crippen molar-refractivity contribution in [2.75, 3.05) is 6.54 Å². The fraction of sp³-hybridized carbons (Fsp3) is 0.750. The van der Waals surface area contributed by atoms with E-state index in [4.69, 9.17) is 5.73 Å². The van der Waals surface area contributed by atoms with Gasteiger partial charge in [0, 0.05) is 19.5 Å². The van der Waals surface area contributed by atoms with Crippen molar-refractivity contribution in [1.82, 2.24) is 10.6 Å². The van der Waals surface area contributed by atoms with Crippen LogP contribution in [0.25, 0.3) is 0 Å². The van der Waals surface area contributed by atoms with E-state index < -0.39 is 6.04 Å². The summed E-state index contributed by atoms with van der Waals surface area (Å²) in [6.45, 7) is 5.27. The normalized spacial score (nSPS) is 14.5. The molecule has 0 aliphatic rings. The van der Waals surface area contributed by atoms with Gasteiger partial charge in [-0.15, -0.1) is 0 Å². The van der Waals surface area contributed by atoms with Crippen molar-refractivity contribution in [3.63, 3.8) is 0 Å². The van der Waals surface area contributed by atoms with E-state index in [-0.39, 0.29) is 17.9 Å². The van der Waals surface area contributed by atoms with E-state index in [1.165, 1.54) is 6.92 Å². The molecule has 2 unspecified atom stereocenters. The smallest absolute Gasteiger partial charge is 0.236 e. The van der Waals surface area contributed by atoms with E-state index in [1.807, 2.05) is 0 Å². The first-order valence-electron chi connectivity index (χ1n) is 4.24. The van der Waals surface area contributed by atoms with Crippen LogP contribution in [0, 0.1) is 0 Å². The minimum atomic E-state index is -0.514. The van der Waals surface area contributed by atoms with Crippen LogP contribution in [0.3, 0.4) is 0 Å². The zero-order valence-corrected chi connectivity index (χ0v) is 8.26. The van der Waals surface area contributed by atoms with Gasteiger partial charge in [0.1, 0.15) is 0 Å². The lowest BCUT2D eigenvalue weighted by molar-refractivity contribution is -0.123. The third-order valence-electron chi connectivity index (χ3n) is 1.46. The fourth-order valence-corrected chi connectivity index (χ4v) is 0.722. The third kappa shape index (κ3) is 6.10. The molecule has 2 amide bonds. The Kier molecular flexibility index (Phi) is 5.06. The van der Waals surface area contributed by atoms with E-state index >= 15 is 0 Å². The molecule has 0 heterocycles. The van der Waals surface area contributed by atoms with Gasteiger partial charge in [-0.05, 0) is 13.8 Å². The van der Waals surface area contributed by atoms with Crippen molar-refractivity contribution in [2.45, 2.75) is 32.9 Å². The molecule has 76 valence electrons. The molecule has 5 nitrogen and oxygen atoms in total. The highest BCUT2D eigenvalue weighted by atomic mass is 16.2. The number of hydrogen-bond donors (Lipinski definition) is 3. The maximum absolute atomic E-state index is 11.0. The molecule has 0 spiro atoms. The molecule has 0 saturated carbocycles. The summed E-state index contributed by atoms with van der Waals surface area (Å²) in [4.78, 5) is 21.6. The summed E-state index contributed by atoms with van der Waals surface area (Å²) in [6, 6.07) is -0.609. The second kappa shape index (κ2) is 5.53. The van der Waals surface area contributed by atoms with Crippen LogP contribution in [-0.2, 0) is 9.59 Å². The SMILES string of the molecule is CC(=O)NCC(C)NC(=O)C(C)N. The van der Waals surface area contributed by atoms with Crippen LogP contribution in [0.1, 0.15) is 20.8 Å². The van der Waals surface area contributed by atoms with Gasteiger partial charge in [-0.2, -0.15) is 0 Å². The lowest BCUT2D eigenvalue weighted by Crippen LogP contribution is -2.46. The van der Waals surface area contributed by atoms with E-state index in [1.54, 1.807) is 13.8 Å². The second-order valence-corrected chi connectivity index (χ2v) is 3.14. The number of nitrogens with one attached hydrogen (secondary N) is 2. The van der Waals surface area contributed by atoms with E-state index in [9.17, 15) is 9.59 Å². The van der Waals surface area contributed by atoms with Crippen LogP contribution in [0.4, 0.5) is 0 Å². The fourth-order valence-electron chi connectivity index (χ4n) is 0.722. The van der Waals surface area contributed by atoms with Gasteiger partial charge in [-0.1, -0.05) is 0 Å². The number of nitrogens with two attached hydrogens (primary N) is 1. The Labute approximate surface area is 78.1 Å². The van der Waals surface area contributed by atoms with Gasteiger partial charge < -0.3 is 16.4 Å². The topological polar surface area (TPSA) is 84.2 Å². The minimum absolute atomic E-state index is 0.0950. The van der Waals surface area contributed by atoms with Crippen LogP contribution in [0.5, 0.6) is 0 Å². The van der Waals surface area contributed by atoms with Crippen molar-refractivity contribution < 1.29 is 9.59 Å². The van der Waals surface area contributed by atoms with Crippen LogP contribution in [-0.4, -0.2) is 30.4 Å². The number of rotatable bonds is 4. The van der Waals surface area contributed by atoms with Crippen molar-refractivity contribution in [3.8, 4) is 0 Å². The highest BCUT2D eigenvalue weighted by Gasteiger charge is 2.10. The number of carbonyl (C=O) groups excluding carboxylic acids is 2. The number of hydrogen-bond acceptors (Lipinski definition) is 3. The molecule has 2 atom stereocenters. The zero-order valence-electron chi connectivity index (χ0n) is 8.26. The van der Waals surface area contributed by atoms with Crippen molar-refractivity contribution in [2.24, 2.45) is 5.73 Å². The molecular formula is C8H17N3O2. The Balaban J connectivity index is 3.68. The summed E-state index contributed by atoms with van der Waals surface area (Å²) in [5.41, 5.74) is 5.34. The Morgan fingerprint density at radius 1 is 1.38 bits per heavy atom. The lowest BCUT2D eigenvalue weighted by Gasteiger charge is -2.15. The van der Waals surface area contributed by atoms with Gasteiger partial charge in [0.2, 0.25) is 11.8 Å². The molecule has 0 aromatic heterocycles. The average Bonchev–Trinajstić information content (AvgIpc) is 2.00. The molecule has 0 aromatic carbocycles. The molecule has 0 bridgehead atoms. The van der Waals surface area contributed by atoms with E-state index in [2.05, 4.69) is 10.6 Å². The van der Waals surface area contributed by atoms with Gasteiger partial charge in [0.05, 0.1) is 6.04 Å². The summed E-state index contributed by atoms with van der Waals surface area (Å²) in [6.07, 6.45) is 0. The van der Waals surface area contributed by atoms with Crippen LogP contribution in [0.15, 0.2) is 0 Å². The van der Waals surface area contributed by atoms with E-state index in [0.717, 1.165) is 0 Å². The molecule has 0 radical (unpaired) electrons. The first kappa shape index (κ1) is 11.9. The molecule has 0 aromatic rings. The van der Waals surface area contributed by atoms with Gasteiger partial charge in [0.25, 0.3) is 0 Å². The maximum atomic E-state index is 11.0. The molecule has 0 aliphatic carbocycles. The lowest BCUT2D eigenvalue weighted by atomic mass is 10.3. The Morgan fingerprint density at radius 2 is 1.92 bits per heavy atom. The van der Waals surface area contributed by atoms with Crippen molar-refractivity contribution in [1.29, 1.82) is 0 Å². The first-order valence-corrected chi connectivity index (χ1v) is 4.24. The van der Waals surface area contributed by atoms with Crippen LogP contribution in [0.2, 0.25) is 0 Å². The first-order chi connectivity index (χ1) is 5.93. The van der Waals surface area contributed by atoms with Gasteiger partial charge in [0.15, 0.2) is 0 Å². The van der Waals surface area contributed by atoms with Gasteiger partial charge >= 0.3 is 0 Å². The Morgan fingerprint density at radius 3 is 2.31 bits per heavy atom. The van der Waals surface area contributed by atoms with Gasteiger partial charge in [-0.25, -0.2) is 0 Å². The second-order valence-electron chi connectivity index (χ2n) is 3.14. The predicted octanol–water partition coefficient (Wildman–Crippen LogP) is -1.03. The highest BCUT2D eigenvalue weighted by molar-refractivity contribution is 5.81. The summed E-state index contributed by atoms with van der Waals surface area (Å²) < 4.78 is 0. The van der Waals surface area contributed by atoms with Crippen LogP contribution < -0.4 is 16.4 Å². The molecule has 13 heavy (non-hydrogen) atoms. The quantitative estimate of drug-likeness (QED) is 0.526.